The first-order valence-electron chi connectivity index (χ1n) is 7.19. The summed E-state index contributed by atoms with van der Waals surface area (Å²) in [6.07, 6.45) is 0.822. The number of methoxy groups -OCH3 is 1. The van der Waals surface area contributed by atoms with Gasteiger partial charge >= 0.3 is 5.97 Å². The minimum Gasteiger partial charge on any atom is -0.480 e. The predicted molar refractivity (Wildman–Crippen MR) is 75.7 cm³/mol. The number of hydrogen-bond donors (Lipinski definition) is 1. The number of hydrogen-bond acceptors (Lipinski definition) is 4. The van der Waals surface area contributed by atoms with Gasteiger partial charge in [0.15, 0.2) is 0 Å². The lowest BCUT2D eigenvalue weighted by Gasteiger charge is -2.29. The average Bonchev–Trinajstić information content (AvgIpc) is 2.82. The fourth-order valence-electron chi connectivity index (χ4n) is 2.41. The molecule has 2 atom stereocenters. The predicted octanol–water partition coefficient (Wildman–Crippen LogP) is 0.193. The number of carboxylic acid groups (broad SMARTS) is 1. The minimum absolute atomic E-state index is 0.0789. The quantitative estimate of drug-likeness (QED) is 0.691. The van der Waals surface area contributed by atoms with Crippen molar-refractivity contribution in [3.05, 3.63) is 0 Å². The number of nitrogens with zero attached hydrogens (tertiary/aromatic N) is 2. The molecule has 1 aliphatic rings. The first-order chi connectivity index (χ1) is 9.90. The molecule has 1 aliphatic heterocycles. The van der Waals surface area contributed by atoms with Gasteiger partial charge in [0.05, 0.1) is 12.5 Å². The zero-order valence-corrected chi connectivity index (χ0v) is 12.9. The molecule has 1 rings (SSSR count). The van der Waals surface area contributed by atoms with Gasteiger partial charge in [-0.25, -0.2) is 0 Å². The van der Waals surface area contributed by atoms with Gasteiger partial charge < -0.3 is 19.6 Å². The van der Waals surface area contributed by atoms with Crippen molar-refractivity contribution in [3.63, 3.8) is 0 Å². The summed E-state index contributed by atoms with van der Waals surface area (Å²) >= 11 is 0. The molecule has 0 radical (unpaired) electrons. The SMILES string of the molecule is CCC(C)N(CC(=O)O)C(=O)C1CC(=O)N(CCOC)C1. The molecule has 1 heterocycles. The number of ether oxygens (including phenoxy) is 1. The standard InChI is InChI=1S/C14H24N2O5/c1-4-10(2)16(9-13(18)19)14(20)11-7-12(17)15(8-11)5-6-21-3/h10-11H,4-9H2,1-3H3,(H,18,19). The van der Waals surface area contributed by atoms with Gasteiger partial charge in [-0.15, -0.1) is 0 Å². The van der Waals surface area contributed by atoms with Crippen LogP contribution in [0.3, 0.4) is 0 Å². The van der Waals surface area contributed by atoms with Crippen molar-refractivity contribution in [1.29, 1.82) is 0 Å². The van der Waals surface area contributed by atoms with Crippen LogP contribution in [0.2, 0.25) is 0 Å². The molecule has 0 aliphatic carbocycles. The number of likely N-dealkylation sites (tertiary alicyclic amines) is 1. The summed E-state index contributed by atoms with van der Waals surface area (Å²) in [6.45, 7) is 4.63. The topological polar surface area (TPSA) is 87.2 Å². The summed E-state index contributed by atoms with van der Waals surface area (Å²) in [5, 5.41) is 8.95. The fraction of sp³-hybridized carbons (Fsp3) is 0.786. The smallest absolute Gasteiger partial charge is 0.323 e. The number of amides is 2. The highest BCUT2D eigenvalue weighted by atomic mass is 16.5. The van der Waals surface area contributed by atoms with Crippen LogP contribution in [0.15, 0.2) is 0 Å². The van der Waals surface area contributed by atoms with Gasteiger partial charge in [0, 0.05) is 32.7 Å². The Hall–Kier alpha value is -1.63. The van der Waals surface area contributed by atoms with Crippen LogP contribution in [0, 0.1) is 5.92 Å². The molecule has 0 bridgehead atoms. The third-order valence-corrected chi connectivity index (χ3v) is 3.84. The second kappa shape index (κ2) is 7.97. The van der Waals surface area contributed by atoms with Crippen LogP contribution in [0.4, 0.5) is 0 Å². The Bertz CT molecular complexity index is 399. The maximum atomic E-state index is 12.5. The molecule has 1 N–H and O–H groups in total. The number of aliphatic carboxylic acids is 1. The zero-order valence-electron chi connectivity index (χ0n) is 12.9. The van der Waals surface area contributed by atoms with Crippen LogP contribution < -0.4 is 0 Å². The summed E-state index contributed by atoms with van der Waals surface area (Å²) in [4.78, 5) is 38.3. The fourth-order valence-corrected chi connectivity index (χ4v) is 2.41. The van der Waals surface area contributed by atoms with Gasteiger partial charge in [0.25, 0.3) is 0 Å². The molecule has 120 valence electrons. The Labute approximate surface area is 124 Å². The van der Waals surface area contributed by atoms with E-state index < -0.39 is 11.9 Å². The van der Waals surface area contributed by atoms with Crippen molar-refractivity contribution in [3.8, 4) is 0 Å². The Balaban J connectivity index is 2.71. The molecule has 21 heavy (non-hydrogen) atoms. The van der Waals surface area contributed by atoms with Crippen molar-refractivity contribution < 1.29 is 24.2 Å². The molecule has 2 unspecified atom stereocenters. The van der Waals surface area contributed by atoms with Crippen LogP contribution in [-0.2, 0) is 19.1 Å². The molecule has 7 heteroatoms. The summed E-state index contributed by atoms with van der Waals surface area (Å²) in [5.74, 6) is -1.82. The van der Waals surface area contributed by atoms with Crippen molar-refractivity contribution in [1.82, 2.24) is 9.80 Å². The Kier molecular flexibility index (Phi) is 6.61. The first-order valence-corrected chi connectivity index (χ1v) is 7.19. The Morgan fingerprint density at radius 1 is 1.52 bits per heavy atom. The van der Waals surface area contributed by atoms with Crippen molar-refractivity contribution in [2.24, 2.45) is 5.92 Å². The molecule has 0 saturated carbocycles. The van der Waals surface area contributed by atoms with Gasteiger partial charge in [0.1, 0.15) is 6.54 Å². The minimum atomic E-state index is -1.04. The Morgan fingerprint density at radius 2 is 2.19 bits per heavy atom. The zero-order chi connectivity index (χ0) is 16.0. The van der Waals surface area contributed by atoms with E-state index in [4.69, 9.17) is 9.84 Å². The van der Waals surface area contributed by atoms with E-state index in [2.05, 4.69) is 0 Å². The van der Waals surface area contributed by atoms with E-state index in [9.17, 15) is 14.4 Å². The molecule has 2 amide bonds. The monoisotopic (exact) mass is 300 g/mol. The molecule has 1 fully saturated rings. The van der Waals surface area contributed by atoms with Crippen LogP contribution in [-0.4, -0.2) is 72.1 Å². The normalized spacial score (nSPS) is 19.7. The van der Waals surface area contributed by atoms with Crippen LogP contribution in [0.25, 0.3) is 0 Å². The van der Waals surface area contributed by atoms with Crippen LogP contribution >= 0.6 is 0 Å². The summed E-state index contributed by atoms with van der Waals surface area (Å²) in [6, 6.07) is -0.156. The molecular formula is C14H24N2O5. The maximum absolute atomic E-state index is 12.5. The highest BCUT2D eigenvalue weighted by Crippen LogP contribution is 2.21. The number of carbonyl (C=O) groups excluding carboxylic acids is 2. The van der Waals surface area contributed by atoms with E-state index in [1.807, 2.05) is 13.8 Å². The third-order valence-electron chi connectivity index (χ3n) is 3.84. The highest BCUT2D eigenvalue weighted by Gasteiger charge is 2.37. The van der Waals surface area contributed by atoms with Crippen molar-refractivity contribution in [2.45, 2.75) is 32.7 Å². The van der Waals surface area contributed by atoms with Gasteiger partial charge in [-0.1, -0.05) is 6.92 Å². The van der Waals surface area contributed by atoms with Crippen LogP contribution in [0.1, 0.15) is 26.7 Å². The molecular weight excluding hydrogens is 276 g/mol. The summed E-state index contributed by atoms with van der Waals surface area (Å²) in [5.41, 5.74) is 0. The highest BCUT2D eigenvalue weighted by molar-refractivity contribution is 5.90. The van der Waals surface area contributed by atoms with Crippen molar-refractivity contribution >= 4 is 17.8 Å². The number of rotatable bonds is 8. The van der Waals surface area contributed by atoms with E-state index in [0.717, 1.165) is 0 Å². The number of carbonyl (C=O) groups is 3. The van der Waals surface area contributed by atoms with Gasteiger partial charge in [0.2, 0.25) is 11.8 Å². The maximum Gasteiger partial charge on any atom is 0.323 e. The van der Waals surface area contributed by atoms with Gasteiger partial charge in [-0.2, -0.15) is 0 Å². The van der Waals surface area contributed by atoms with Gasteiger partial charge in [-0.05, 0) is 13.3 Å². The Morgan fingerprint density at radius 3 is 2.71 bits per heavy atom. The number of carboxylic acids is 1. The van der Waals surface area contributed by atoms with E-state index in [0.29, 0.717) is 26.1 Å². The summed E-state index contributed by atoms with van der Waals surface area (Å²) in [7, 11) is 1.56. The van der Waals surface area contributed by atoms with Crippen LogP contribution in [0.5, 0.6) is 0 Å². The second-order valence-corrected chi connectivity index (χ2v) is 5.35. The summed E-state index contributed by atoms with van der Waals surface area (Å²) < 4.78 is 4.94. The molecule has 1 saturated heterocycles. The van der Waals surface area contributed by atoms with E-state index in [1.165, 1.54) is 4.90 Å². The average molecular weight is 300 g/mol. The largest absolute Gasteiger partial charge is 0.480 e. The molecule has 0 aromatic rings. The van der Waals surface area contributed by atoms with Gasteiger partial charge in [-0.3, -0.25) is 14.4 Å². The lowest BCUT2D eigenvalue weighted by molar-refractivity contribution is -0.148. The molecule has 0 spiro atoms. The molecule has 7 nitrogen and oxygen atoms in total. The third kappa shape index (κ3) is 4.70. The van der Waals surface area contributed by atoms with E-state index in [-0.39, 0.29) is 30.8 Å². The van der Waals surface area contributed by atoms with Crippen molar-refractivity contribution in [2.75, 3.05) is 33.4 Å². The molecule has 0 aromatic heterocycles. The lowest BCUT2D eigenvalue weighted by atomic mass is 10.1. The van der Waals surface area contributed by atoms with E-state index in [1.54, 1.807) is 12.0 Å². The second-order valence-electron chi connectivity index (χ2n) is 5.35. The first kappa shape index (κ1) is 17.4. The van der Waals surface area contributed by atoms with E-state index >= 15 is 0 Å². The lowest BCUT2D eigenvalue weighted by Crippen LogP contribution is -2.45. The molecule has 0 aromatic carbocycles.